The van der Waals surface area contributed by atoms with Crippen LogP contribution in [0.1, 0.15) is 0 Å². The molecular weight excluding hydrogens is 254 g/mol. The van der Waals surface area contributed by atoms with Crippen LogP contribution in [0.5, 0.6) is 5.75 Å². The van der Waals surface area contributed by atoms with E-state index in [1.165, 1.54) is 36.4 Å². The maximum Gasteiger partial charge on any atom is 0.352 e. The number of urea groups is 1. The van der Waals surface area contributed by atoms with Crippen molar-refractivity contribution in [2.75, 3.05) is 5.06 Å². The Morgan fingerprint density at radius 2 is 1.58 bits per heavy atom. The van der Waals surface area contributed by atoms with Crippen molar-refractivity contribution >= 4 is 11.7 Å². The van der Waals surface area contributed by atoms with Gasteiger partial charge in [0.2, 0.25) is 0 Å². The third-order valence-corrected chi connectivity index (χ3v) is 2.30. The molecule has 0 saturated carbocycles. The van der Waals surface area contributed by atoms with Crippen LogP contribution in [0.4, 0.5) is 19.3 Å². The van der Waals surface area contributed by atoms with Crippen molar-refractivity contribution in [3.8, 4) is 5.75 Å². The Morgan fingerprint density at radius 3 is 2.16 bits per heavy atom. The van der Waals surface area contributed by atoms with Crippen molar-refractivity contribution in [3.63, 3.8) is 0 Å². The normalized spacial score (nSPS) is 10.0. The van der Waals surface area contributed by atoms with Gasteiger partial charge in [0, 0.05) is 0 Å². The molecule has 0 aliphatic rings. The van der Waals surface area contributed by atoms with Crippen LogP contribution in [-0.4, -0.2) is 6.03 Å². The van der Waals surface area contributed by atoms with Crippen molar-refractivity contribution in [1.29, 1.82) is 0 Å². The summed E-state index contributed by atoms with van der Waals surface area (Å²) in [5.41, 5.74) is 4.91. The molecule has 0 aromatic heterocycles. The average Bonchev–Trinajstić information content (AvgIpc) is 2.38. The molecule has 0 radical (unpaired) electrons. The molecule has 98 valence electrons. The monoisotopic (exact) mass is 264 g/mol. The largest absolute Gasteiger partial charge is 0.367 e. The molecule has 4 nitrogen and oxygen atoms in total. The zero-order chi connectivity index (χ0) is 13.8. The lowest BCUT2D eigenvalue weighted by Gasteiger charge is -2.20. The van der Waals surface area contributed by atoms with Crippen molar-refractivity contribution in [2.24, 2.45) is 5.73 Å². The van der Waals surface area contributed by atoms with Gasteiger partial charge >= 0.3 is 6.03 Å². The molecule has 19 heavy (non-hydrogen) atoms. The number of benzene rings is 2. The smallest absolute Gasteiger partial charge is 0.352 e. The van der Waals surface area contributed by atoms with Gasteiger partial charge in [0.1, 0.15) is 5.69 Å². The van der Waals surface area contributed by atoms with Crippen molar-refractivity contribution in [1.82, 2.24) is 0 Å². The van der Waals surface area contributed by atoms with Gasteiger partial charge in [0.15, 0.2) is 17.4 Å². The lowest BCUT2D eigenvalue weighted by atomic mass is 10.3. The maximum absolute atomic E-state index is 13.6. The van der Waals surface area contributed by atoms with E-state index in [9.17, 15) is 13.6 Å². The van der Waals surface area contributed by atoms with Crippen molar-refractivity contribution < 1.29 is 18.4 Å². The van der Waals surface area contributed by atoms with Crippen LogP contribution in [0, 0.1) is 11.6 Å². The molecule has 0 bridgehead atoms. The lowest BCUT2D eigenvalue weighted by Crippen LogP contribution is -2.39. The summed E-state index contributed by atoms with van der Waals surface area (Å²) in [4.78, 5) is 16.3. The number of carbonyl (C=O) groups is 1. The first-order valence-electron chi connectivity index (χ1n) is 5.36. The molecule has 0 heterocycles. The third kappa shape index (κ3) is 2.79. The van der Waals surface area contributed by atoms with E-state index < -0.39 is 17.7 Å². The standard InChI is InChI=1S/C13H10F2N2O2/c14-9-5-1-3-7-11(9)17(13(16)18)19-12-8-4-2-6-10(12)15/h1-8H,(H2,16,18). The van der Waals surface area contributed by atoms with Crippen LogP contribution in [0.2, 0.25) is 0 Å². The first kappa shape index (κ1) is 12.8. The SMILES string of the molecule is NC(=O)N(Oc1ccccc1F)c1ccccc1F. The van der Waals surface area contributed by atoms with E-state index in [2.05, 4.69) is 0 Å². The molecular formula is C13H10F2N2O2. The second-order valence-electron chi connectivity index (χ2n) is 3.61. The molecule has 0 spiro atoms. The molecule has 2 amide bonds. The predicted octanol–water partition coefficient (Wildman–Crippen LogP) is 2.84. The Hall–Kier alpha value is -2.63. The first-order chi connectivity index (χ1) is 9.09. The highest BCUT2D eigenvalue weighted by Crippen LogP contribution is 2.23. The number of hydrogen-bond donors (Lipinski definition) is 1. The summed E-state index contributed by atoms with van der Waals surface area (Å²) in [6.45, 7) is 0. The predicted molar refractivity (Wildman–Crippen MR) is 65.5 cm³/mol. The van der Waals surface area contributed by atoms with E-state index in [0.29, 0.717) is 5.06 Å². The number of nitrogens with two attached hydrogens (primary N) is 1. The van der Waals surface area contributed by atoms with Gasteiger partial charge in [-0.05, 0) is 24.3 Å². The number of carbonyl (C=O) groups excluding carboxylic acids is 1. The molecule has 0 aliphatic carbocycles. The molecule has 0 fully saturated rings. The number of rotatable bonds is 3. The van der Waals surface area contributed by atoms with Crippen LogP contribution < -0.4 is 15.6 Å². The number of hydroxylamine groups is 1. The Labute approximate surface area is 108 Å². The summed E-state index contributed by atoms with van der Waals surface area (Å²) in [6, 6.07) is 9.73. The van der Waals surface area contributed by atoms with Gasteiger partial charge in [-0.2, -0.15) is 0 Å². The molecule has 2 rings (SSSR count). The summed E-state index contributed by atoms with van der Waals surface area (Å²) in [6.07, 6.45) is 0. The Morgan fingerprint density at radius 1 is 1.00 bits per heavy atom. The van der Waals surface area contributed by atoms with Gasteiger partial charge < -0.3 is 10.6 Å². The van der Waals surface area contributed by atoms with E-state index in [1.54, 1.807) is 0 Å². The zero-order valence-electron chi connectivity index (χ0n) is 9.72. The highest BCUT2D eigenvalue weighted by molar-refractivity contribution is 5.89. The van der Waals surface area contributed by atoms with E-state index >= 15 is 0 Å². The van der Waals surface area contributed by atoms with E-state index in [0.717, 1.165) is 12.1 Å². The summed E-state index contributed by atoms with van der Waals surface area (Å²) < 4.78 is 27.0. The van der Waals surface area contributed by atoms with Crippen LogP contribution in [-0.2, 0) is 0 Å². The van der Waals surface area contributed by atoms with Crippen LogP contribution in [0.15, 0.2) is 48.5 Å². The first-order valence-corrected chi connectivity index (χ1v) is 5.36. The van der Waals surface area contributed by atoms with Gasteiger partial charge in [-0.15, -0.1) is 5.06 Å². The summed E-state index contributed by atoms with van der Waals surface area (Å²) >= 11 is 0. The molecule has 2 aromatic carbocycles. The number of amides is 2. The highest BCUT2D eigenvalue weighted by Gasteiger charge is 2.20. The molecule has 0 aliphatic heterocycles. The lowest BCUT2D eigenvalue weighted by molar-refractivity contribution is 0.217. The molecule has 2 N–H and O–H groups in total. The number of nitrogens with zero attached hydrogens (tertiary/aromatic N) is 1. The number of primary amides is 1. The topological polar surface area (TPSA) is 55.6 Å². The van der Waals surface area contributed by atoms with Gasteiger partial charge in [0.25, 0.3) is 0 Å². The summed E-state index contributed by atoms with van der Waals surface area (Å²) in [5, 5.41) is 0.494. The van der Waals surface area contributed by atoms with Gasteiger partial charge in [-0.25, -0.2) is 13.6 Å². The third-order valence-electron chi connectivity index (χ3n) is 2.30. The van der Waals surface area contributed by atoms with E-state index in [4.69, 9.17) is 10.6 Å². The summed E-state index contributed by atoms with van der Waals surface area (Å²) in [7, 11) is 0. The Bertz CT molecular complexity index is 605. The Kier molecular flexibility index (Phi) is 3.61. The fourth-order valence-corrected chi connectivity index (χ4v) is 1.45. The van der Waals surface area contributed by atoms with Crippen LogP contribution in [0.3, 0.4) is 0 Å². The van der Waals surface area contributed by atoms with E-state index in [1.807, 2.05) is 0 Å². The minimum Gasteiger partial charge on any atom is -0.367 e. The maximum atomic E-state index is 13.6. The number of para-hydroxylation sites is 2. The quantitative estimate of drug-likeness (QED) is 0.866. The minimum atomic E-state index is -1.06. The molecule has 6 heteroatoms. The Balaban J connectivity index is 2.35. The molecule has 0 unspecified atom stereocenters. The molecule has 2 aromatic rings. The number of hydrogen-bond acceptors (Lipinski definition) is 2. The van der Waals surface area contributed by atoms with Crippen LogP contribution >= 0.6 is 0 Å². The van der Waals surface area contributed by atoms with Crippen LogP contribution in [0.25, 0.3) is 0 Å². The van der Waals surface area contributed by atoms with E-state index in [-0.39, 0.29) is 11.4 Å². The summed E-state index contributed by atoms with van der Waals surface area (Å²) in [5.74, 6) is -1.63. The second kappa shape index (κ2) is 5.34. The number of halogens is 2. The van der Waals surface area contributed by atoms with Gasteiger partial charge in [0.05, 0.1) is 0 Å². The minimum absolute atomic E-state index is 0.196. The van der Waals surface area contributed by atoms with Gasteiger partial charge in [-0.1, -0.05) is 24.3 Å². The fraction of sp³-hybridized carbons (Fsp3) is 0. The highest BCUT2D eigenvalue weighted by atomic mass is 19.1. The van der Waals surface area contributed by atoms with Crippen molar-refractivity contribution in [2.45, 2.75) is 0 Å². The average molecular weight is 264 g/mol. The molecule has 0 atom stereocenters. The number of anilines is 1. The second-order valence-corrected chi connectivity index (χ2v) is 3.61. The zero-order valence-corrected chi connectivity index (χ0v) is 9.72. The molecule has 0 saturated heterocycles. The fourth-order valence-electron chi connectivity index (χ4n) is 1.45. The van der Waals surface area contributed by atoms with Crippen molar-refractivity contribution in [3.05, 3.63) is 60.2 Å². The van der Waals surface area contributed by atoms with Gasteiger partial charge in [-0.3, -0.25) is 0 Å².